The molecule has 1 aromatic rings. The van der Waals surface area contributed by atoms with E-state index in [4.69, 9.17) is 0 Å². The van der Waals surface area contributed by atoms with Gasteiger partial charge in [0, 0.05) is 36.5 Å². The lowest BCUT2D eigenvalue weighted by molar-refractivity contribution is 0.164. The fourth-order valence-electron chi connectivity index (χ4n) is 1.72. The van der Waals surface area contributed by atoms with Crippen molar-refractivity contribution in [2.24, 2.45) is 0 Å². The molecule has 17 heavy (non-hydrogen) atoms. The fourth-order valence-corrected chi connectivity index (χ4v) is 2.17. The number of pyridine rings is 1. The molecule has 2 rings (SSSR count). The second-order valence-corrected chi connectivity index (χ2v) is 5.14. The number of rotatable bonds is 0. The van der Waals surface area contributed by atoms with Crippen LogP contribution in [-0.4, -0.2) is 26.9 Å². The molecule has 0 aliphatic carbocycles. The maximum absolute atomic E-state index is 10.0. The summed E-state index contributed by atoms with van der Waals surface area (Å²) < 4.78 is 2.05. The number of hydrogen-bond acceptors (Lipinski definition) is 4. The predicted molar refractivity (Wildman–Crippen MR) is 76.7 cm³/mol. The van der Waals surface area contributed by atoms with E-state index in [0.29, 0.717) is 0 Å². The maximum Gasteiger partial charge on any atom is 0.143 e. The Hall–Kier alpha value is -0.660. The molecule has 0 radical (unpaired) electrons. The van der Waals surface area contributed by atoms with E-state index in [0.717, 1.165) is 30.9 Å². The Morgan fingerprint density at radius 3 is 3.06 bits per heavy atom. The van der Waals surface area contributed by atoms with Crippen LogP contribution in [0.2, 0.25) is 0 Å². The van der Waals surface area contributed by atoms with Crippen molar-refractivity contribution >= 4 is 28.7 Å². The van der Waals surface area contributed by atoms with Crippen molar-refractivity contribution in [2.75, 3.05) is 18.6 Å². The molecule has 0 saturated carbocycles. The molecular weight excluding hydrogens is 329 g/mol. The molecule has 1 N–H and O–H groups in total. The van der Waals surface area contributed by atoms with E-state index in [-0.39, 0.29) is 0 Å². The van der Waals surface area contributed by atoms with Crippen LogP contribution in [0.4, 0.5) is 5.82 Å². The highest BCUT2D eigenvalue weighted by Gasteiger charge is 2.14. The molecule has 0 aromatic carbocycles. The summed E-state index contributed by atoms with van der Waals surface area (Å²) in [5, 5.41) is 12.0. The second kappa shape index (κ2) is 5.79. The van der Waals surface area contributed by atoms with Crippen LogP contribution in [0.15, 0.2) is 30.4 Å². The Morgan fingerprint density at radius 2 is 2.24 bits per heavy atom. The topological polar surface area (TPSA) is 39.6 Å². The number of aromatic nitrogens is 1. The van der Waals surface area contributed by atoms with Crippen molar-refractivity contribution in [3.05, 3.63) is 36.0 Å². The molecule has 0 amide bonds. The lowest BCUT2D eigenvalue weighted by Crippen LogP contribution is -2.32. The van der Waals surface area contributed by atoms with Crippen LogP contribution in [-0.2, 0) is 0 Å². The zero-order valence-corrected chi connectivity index (χ0v) is 11.9. The standard InChI is InChI=1S/C12H16IN3O/c1-15-12-8-5-6-10(14-12)11(17)7-3-2-4-9-16(15)13/h2,4-6,8,11,17H,3,7,9H2,1H3/b4-2-. The first kappa shape index (κ1) is 12.8. The number of nitrogens with zero attached hydrogens (tertiary/aromatic N) is 3. The normalized spacial score (nSPS) is 24.2. The van der Waals surface area contributed by atoms with E-state index in [1.54, 1.807) is 0 Å². The lowest BCUT2D eigenvalue weighted by Gasteiger charge is -2.26. The van der Waals surface area contributed by atoms with Gasteiger partial charge >= 0.3 is 0 Å². The zero-order valence-electron chi connectivity index (χ0n) is 9.75. The summed E-state index contributed by atoms with van der Waals surface area (Å²) in [6.45, 7) is 0.832. The Bertz CT molecular complexity index is 410. The molecule has 1 aliphatic heterocycles. The maximum atomic E-state index is 10.0. The molecule has 1 aliphatic rings. The van der Waals surface area contributed by atoms with Gasteiger partial charge in [0.1, 0.15) is 5.82 Å². The number of fused-ring (bicyclic) bond motifs is 2. The number of anilines is 1. The third kappa shape index (κ3) is 3.17. The number of hydrazine groups is 1. The fraction of sp³-hybridized carbons (Fsp3) is 0.417. The van der Waals surface area contributed by atoms with Crippen LogP contribution in [0.3, 0.4) is 0 Å². The van der Waals surface area contributed by atoms with Crippen LogP contribution in [0.25, 0.3) is 0 Å². The van der Waals surface area contributed by atoms with Crippen molar-refractivity contribution in [1.29, 1.82) is 0 Å². The van der Waals surface area contributed by atoms with Crippen molar-refractivity contribution in [1.82, 2.24) is 8.21 Å². The first-order chi connectivity index (χ1) is 8.18. The van der Waals surface area contributed by atoms with Crippen LogP contribution in [0.1, 0.15) is 24.6 Å². The summed E-state index contributed by atoms with van der Waals surface area (Å²) in [5.74, 6) is 0.853. The van der Waals surface area contributed by atoms with E-state index in [1.807, 2.05) is 30.3 Å². The summed E-state index contributed by atoms with van der Waals surface area (Å²) in [6, 6.07) is 5.76. The number of allylic oxidation sites excluding steroid dienone is 1. The molecule has 0 fully saturated rings. The molecule has 92 valence electrons. The van der Waals surface area contributed by atoms with Gasteiger partial charge in [0.15, 0.2) is 0 Å². The minimum Gasteiger partial charge on any atom is -0.387 e. The summed E-state index contributed by atoms with van der Waals surface area (Å²) >= 11 is 2.25. The Morgan fingerprint density at radius 1 is 1.41 bits per heavy atom. The third-order valence-electron chi connectivity index (χ3n) is 2.78. The molecule has 1 atom stereocenters. The molecule has 5 heteroatoms. The van der Waals surface area contributed by atoms with E-state index in [1.165, 1.54) is 0 Å². The van der Waals surface area contributed by atoms with Crippen molar-refractivity contribution < 1.29 is 5.11 Å². The predicted octanol–water partition coefficient (Wildman–Crippen LogP) is 2.47. The Labute approximate surface area is 115 Å². The molecule has 0 spiro atoms. The molecule has 2 heterocycles. The first-order valence-corrected chi connectivity index (χ1v) is 6.62. The van der Waals surface area contributed by atoms with Gasteiger partial charge in [0.25, 0.3) is 0 Å². The molecule has 1 unspecified atom stereocenters. The van der Waals surface area contributed by atoms with Gasteiger partial charge < -0.3 is 5.11 Å². The van der Waals surface area contributed by atoms with Crippen molar-refractivity contribution in [3.63, 3.8) is 0 Å². The van der Waals surface area contributed by atoms with Crippen LogP contribution in [0.5, 0.6) is 0 Å². The van der Waals surface area contributed by atoms with E-state index in [2.05, 4.69) is 43.2 Å². The van der Waals surface area contributed by atoms with Gasteiger partial charge in [-0.05, 0) is 25.0 Å². The van der Waals surface area contributed by atoms with E-state index >= 15 is 0 Å². The molecule has 2 bridgehead atoms. The van der Waals surface area contributed by atoms with E-state index < -0.39 is 6.10 Å². The van der Waals surface area contributed by atoms with Gasteiger partial charge in [-0.15, -0.1) is 0 Å². The molecule has 1 aromatic heterocycles. The minimum absolute atomic E-state index is 0.478. The highest BCUT2D eigenvalue weighted by molar-refractivity contribution is 14.1. The quantitative estimate of drug-likeness (QED) is 0.446. The van der Waals surface area contributed by atoms with Gasteiger partial charge in [-0.3, -0.25) is 5.01 Å². The van der Waals surface area contributed by atoms with Gasteiger partial charge in [0.05, 0.1) is 11.8 Å². The highest BCUT2D eigenvalue weighted by Crippen LogP contribution is 2.22. The SMILES string of the molecule is CN1c2cccc(n2)C(O)CC/C=C\CN1I. The number of aliphatic hydroxyl groups excluding tert-OH is 1. The van der Waals surface area contributed by atoms with Crippen LogP contribution < -0.4 is 5.01 Å². The lowest BCUT2D eigenvalue weighted by atomic mass is 10.1. The number of halogens is 1. The monoisotopic (exact) mass is 345 g/mol. The van der Waals surface area contributed by atoms with Crippen LogP contribution in [0, 0.1) is 0 Å². The molecule has 4 nitrogen and oxygen atoms in total. The minimum atomic E-state index is -0.478. The number of aliphatic hydroxyl groups is 1. The van der Waals surface area contributed by atoms with Crippen molar-refractivity contribution in [3.8, 4) is 0 Å². The molecular formula is C12H16IN3O. The van der Waals surface area contributed by atoms with E-state index in [9.17, 15) is 5.11 Å². The van der Waals surface area contributed by atoms with Gasteiger partial charge in [-0.25, -0.2) is 4.98 Å². The summed E-state index contributed by atoms with van der Waals surface area (Å²) in [4.78, 5) is 4.49. The van der Waals surface area contributed by atoms with Gasteiger partial charge in [0.2, 0.25) is 0 Å². The zero-order chi connectivity index (χ0) is 12.3. The average molecular weight is 345 g/mol. The smallest absolute Gasteiger partial charge is 0.143 e. The Kier molecular flexibility index (Phi) is 4.36. The summed E-state index contributed by atoms with van der Waals surface area (Å²) in [7, 11) is 1.97. The van der Waals surface area contributed by atoms with Crippen molar-refractivity contribution in [2.45, 2.75) is 18.9 Å². The molecule has 0 saturated heterocycles. The van der Waals surface area contributed by atoms with Gasteiger partial charge in [-0.1, -0.05) is 18.2 Å². The second-order valence-electron chi connectivity index (χ2n) is 4.03. The number of hydrogen-bond donors (Lipinski definition) is 1. The summed E-state index contributed by atoms with van der Waals surface area (Å²) in [5.41, 5.74) is 0.745. The summed E-state index contributed by atoms with van der Waals surface area (Å²) in [6.07, 6.45) is 5.34. The first-order valence-electron chi connectivity index (χ1n) is 5.65. The largest absolute Gasteiger partial charge is 0.387 e. The van der Waals surface area contributed by atoms with Crippen LogP contribution >= 0.6 is 22.9 Å². The third-order valence-corrected chi connectivity index (χ3v) is 3.83. The Balaban J connectivity index is 2.33. The van der Waals surface area contributed by atoms with Gasteiger partial charge in [-0.2, -0.15) is 3.22 Å². The average Bonchev–Trinajstić information content (AvgIpc) is 2.37. The highest BCUT2D eigenvalue weighted by atomic mass is 127.